The number of ether oxygens (including phenoxy) is 1. The number of carbonyl (C=O) groups excluding carboxylic acids is 1. The first-order chi connectivity index (χ1) is 24.1. The molecular formula is C35H40F2N10O3. The summed E-state index contributed by atoms with van der Waals surface area (Å²) < 4.78 is 42.8. The number of amides is 1. The molecule has 7 heterocycles. The minimum atomic E-state index is -0.918. The van der Waals surface area contributed by atoms with Crippen LogP contribution < -0.4 is 15.4 Å². The molecule has 262 valence electrons. The van der Waals surface area contributed by atoms with Gasteiger partial charge in [-0.3, -0.25) is 14.7 Å². The van der Waals surface area contributed by atoms with Crippen molar-refractivity contribution in [2.24, 2.45) is 0 Å². The lowest BCUT2D eigenvalue weighted by atomic mass is 9.95. The Hall–Kier alpha value is -4.79. The molecule has 4 aliphatic rings. The number of aryl methyl sites for hydroxylation is 2. The molecule has 2 N–H and O–H groups in total. The van der Waals surface area contributed by atoms with Crippen LogP contribution >= 0.6 is 0 Å². The summed E-state index contributed by atoms with van der Waals surface area (Å²) in [5, 5.41) is 4.15. The summed E-state index contributed by atoms with van der Waals surface area (Å²) in [6, 6.07) is 1.67. The number of anilines is 2. The lowest BCUT2D eigenvalue weighted by Crippen LogP contribution is -2.43. The second kappa shape index (κ2) is 12.5. The van der Waals surface area contributed by atoms with Crippen LogP contribution in [0.15, 0.2) is 22.9 Å². The molecule has 0 bridgehead atoms. The van der Waals surface area contributed by atoms with E-state index < -0.39 is 17.5 Å². The predicted molar refractivity (Wildman–Crippen MR) is 182 cm³/mol. The molecule has 1 amide bonds. The van der Waals surface area contributed by atoms with E-state index in [1.54, 1.807) is 18.0 Å². The fourth-order valence-electron chi connectivity index (χ4n) is 8.00. The number of carbonyl (C=O) groups is 1. The highest BCUT2D eigenvalue weighted by atomic mass is 19.1. The number of alkyl halides is 1. The van der Waals surface area contributed by atoms with Crippen molar-refractivity contribution in [3.63, 3.8) is 0 Å². The summed E-state index contributed by atoms with van der Waals surface area (Å²) in [4.78, 5) is 41.6. The molecule has 50 heavy (non-hydrogen) atoms. The van der Waals surface area contributed by atoms with Gasteiger partial charge < -0.3 is 24.8 Å². The molecule has 1 aliphatic carbocycles. The summed E-state index contributed by atoms with van der Waals surface area (Å²) >= 11 is 0. The lowest BCUT2D eigenvalue weighted by molar-refractivity contribution is -0.124. The van der Waals surface area contributed by atoms with Gasteiger partial charge in [0.15, 0.2) is 11.6 Å². The zero-order chi connectivity index (χ0) is 34.7. The molecule has 3 aliphatic heterocycles. The second-order valence-electron chi connectivity index (χ2n) is 14.1. The van der Waals surface area contributed by atoms with Crippen molar-refractivity contribution in [3.8, 4) is 17.4 Å². The Morgan fingerprint density at radius 1 is 1.16 bits per heavy atom. The Labute approximate surface area is 287 Å². The van der Waals surface area contributed by atoms with E-state index in [9.17, 15) is 9.18 Å². The maximum Gasteiger partial charge on any atom is 0.319 e. The smallest absolute Gasteiger partial charge is 0.319 e. The van der Waals surface area contributed by atoms with E-state index in [1.807, 2.05) is 24.9 Å². The molecule has 13 nitrogen and oxygen atoms in total. The van der Waals surface area contributed by atoms with Gasteiger partial charge in [-0.15, -0.1) is 0 Å². The first-order valence-corrected chi connectivity index (χ1v) is 17.2. The Balaban J connectivity index is 1.14. The summed E-state index contributed by atoms with van der Waals surface area (Å²) in [5.41, 5.74) is 8.17. The number of hydrogen-bond acceptors (Lipinski definition) is 12. The van der Waals surface area contributed by atoms with Gasteiger partial charge in [-0.25, -0.2) is 13.8 Å². The number of likely N-dealkylation sites (tertiary alicyclic amines) is 1. The zero-order valence-corrected chi connectivity index (χ0v) is 28.4. The molecule has 4 aromatic rings. The predicted octanol–water partition coefficient (Wildman–Crippen LogP) is 4.39. The zero-order valence-electron chi connectivity index (χ0n) is 28.4. The van der Waals surface area contributed by atoms with E-state index in [4.69, 9.17) is 20.0 Å². The number of nitrogen functional groups attached to an aromatic ring is 1. The van der Waals surface area contributed by atoms with Gasteiger partial charge in [0.1, 0.15) is 35.6 Å². The molecule has 4 fully saturated rings. The number of likely N-dealkylation sites (N-methyl/N-ethyl adjacent to an activating group) is 1. The van der Waals surface area contributed by atoms with E-state index in [1.165, 1.54) is 12.2 Å². The van der Waals surface area contributed by atoms with Gasteiger partial charge >= 0.3 is 6.01 Å². The van der Waals surface area contributed by atoms with E-state index in [-0.39, 0.29) is 47.6 Å². The third-order valence-electron chi connectivity index (χ3n) is 10.6. The van der Waals surface area contributed by atoms with E-state index >= 15 is 4.39 Å². The van der Waals surface area contributed by atoms with Crippen molar-refractivity contribution in [1.82, 2.24) is 39.9 Å². The van der Waals surface area contributed by atoms with Crippen LogP contribution in [0.2, 0.25) is 0 Å². The summed E-state index contributed by atoms with van der Waals surface area (Å²) in [6.45, 7) is 5.98. The molecule has 0 aromatic carbocycles. The number of hydrogen-bond donors (Lipinski definition) is 1. The second-order valence-corrected chi connectivity index (χ2v) is 14.1. The number of rotatable bonds is 9. The highest BCUT2D eigenvalue weighted by Gasteiger charge is 2.49. The van der Waals surface area contributed by atoms with Gasteiger partial charge in [0.05, 0.1) is 16.6 Å². The molecule has 3 atom stereocenters. The van der Waals surface area contributed by atoms with Crippen LogP contribution in [0.25, 0.3) is 28.4 Å². The van der Waals surface area contributed by atoms with Crippen LogP contribution in [-0.2, 0) is 4.79 Å². The molecule has 0 spiro atoms. The van der Waals surface area contributed by atoms with E-state index in [2.05, 4.69) is 30.0 Å². The number of fused-ring (bicyclic) bond motifs is 2. The number of halogens is 2. The summed E-state index contributed by atoms with van der Waals surface area (Å²) in [5.74, 6) is 0.902. The minimum absolute atomic E-state index is 0.00165. The highest BCUT2D eigenvalue weighted by Crippen LogP contribution is 2.46. The average molecular weight is 687 g/mol. The van der Waals surface area contributed by atoms with E-state index in [0.717, 1.165) is 43.4 Å². The molecule has 8 rings (SSSR count). The maximum atomic E-state index is 16.8. The largest absolute Gasteiger partial charge is 0.461 e. The molecule has 1 saturated carbocycles. The Morgan fingerprint density at radius 3 is 2.78 bits per heavy atom. The maximum absolute atomic E-state index is 16.8. The molecular weight excluding hydrogens is 646 g/mol. The number of nitrogens with zero attached hydrogens (tertiary/aromatic N) is 9. The Morgan fingerprint density at radius 2 is 2.00 bits per heavy atom. The molecule has 4 aromatic heterocycles. The van der Waals surface area contributed by atoms with Crippen LogP contribution in [0.5, 0.6) is 6.01 Å². The van der Waals surface area contributed by atoms with Crippen LogP contribution in [0, 0.1) is 19.7 Å². The number of aromatic nitrogens is 6. The quantitative estimate of drug-likeness (QED) is 0.249. The molecule has 3 saturated heterocycles. The Kier molecular flexibility index (Phi) is 8.11. The van der Waals surface area contributed by atoms with Crippen LogP contribution in [0.4, 0.5) is 20.4 Å². The van der Waals surface area contributed by atoms with Crippen LogP contribution in [0.3, 0.4) is 0 Å². The van der Waals surface area contributed by atoms with Crippen molar-refractivity contribution in [1.29, 1.82) is 0 Å². The van der Waals surface area contributed by atoms with Gasteiger partial charge in [0.2, 0.25) is 5.91 Å². The van der Waals surface area contributed by atoms with Crippen molar-refractivity contribution < 1.29 is 22.8 Å². The fourth-order valence-corrected chi connectivity index (χ4v) is 8.00. The number of nitrogens with two attached hydrogens (primary N) is 1. The first-order valence-electron chi connectivity index (χ1n) is 17.2. The molecule has 15 heteroatoms. The SMILES string of the molecule is Cc1noc(/C=C/C(=O)N2CC[C@@H](N(C)c3nc(OC[C@@]45CCCN4C[C@H](F)C5)nc4c(F)c(-c5nc(N)cc(C)c5C5CC5)ncc34)C2)n1. The standard InChI is InChI=1S/C35H40F2N10O3/c1-19-13-25(38)41-31(28(19)21-5-6-21)32-29(37)30-24(15-39-32)33(43-34(42-30)49-18-35-10-4-11-47(35)16-22(36)14-35)45(3)23-9-12-46(17-23)27(48)8-7-26-40-20(2)44-50-26/h7-8,13,15,21-23H,4-6,9-12,14,16-18H2,1-3H3,(H2,38,41)/b8-7+/t22-,23-,35+/m1/s1. The van der Waals surface area contributed by atoms with Crippen LogP contribution in [-0.4, -0.2) is 103 Å². The van der Waals surface area contributed by atoms with Crippen molar-refractivity contribution >= 4 is 34.5 Å². The van der Waals surface area contributed by atoms with Crippen molar-refractivity contribution in [2.75, 3.05) is 50.5 Å². The minimum Gasteiger partial charge on any atom is -0.461 e. The van der Waals surface area contributed by atoms with Crippen molar-refractivity contribution in [3.05, 3.63) is 47.0 Å². The van der Waals surface area contributed by atoms with Crippen molar-refractivity contribution in [2.45, 2.75) is 76.0 Å². The normalized spacial score (nSPS) is 23.7. The van der Waals surface area contributed by atoms with Gasteiger partial charge in [0.25, 0.3) is 5.89 Å². The molecule has 0 unspecified atom stereocenters. The highest BCUT2D eigenvalue weighted by molar-refractivity contribution is 5.93. The van der Waals surface area contributed by atoms with Crippen LogP contribution in [0.1, 0.15) is 67.3 Å². The summed E-state index contributed by atoms with van der Waals surface area (Å²) in [6.07, 6.45) is 8.37. The number of pyridine rings is 2. The van der Waals surface area contributed by atoms with E-state index in [0.29, 0.717) is 61.0 Å². The molecule has 0 radical (unpaired) electrons. The van der Waals surface area contributed by atoms with Gasteiger partial charge in [0, 0.05) is 57.5 Å². The van der Waals surface area contributed by atoms with Gasteiger partial charge in [-0.1, -0.05) is 5.16 Å². The first kappa shape index (κ1) is 32.4. The third-order valence-corrected chi connectivity index (χ3v) is 10.6. The monoisotopic (exact) mass is 686 g/mol. The van der Waals surface area contributed by atoms with Gasteiger partial charge in [-0.2, -0.15) is 15.0 Å². The summed E-state index contributed by atoms with van der Waals surface area (Å²) in [7, 11) is 1.86. The fraction of sp³-hybridized carbons (Fsp3) is 0.514. The average Bonchev–Trinajstić information content (AvgIpc) is 3.37. The third kappa shape index (κ3) is 5.90. The topological polar surface area (TPSA) is 153 Å². The lowest BCUT2D eigenvalue weighted by Gasteiger charge is -2.31. The Bertz CT molecular complexity index is 2000. The van der Waals surface area contributed by atoms with Gasteiger partial charge in [-0.05, 0) is 75.6 Å².